The molecular weight excluding hydrogens is 925 g/mol. The molecule has 0 saturated heterocycles. The van der Waals surface area contributed by atoms with Crippen LogP contribution in [-0.4, -0.2) is 89.1 Å². The number of amides is 1. The van der Waals surface area contributed by atoms with E-state index in [-0.39, 0.29) is 5.24 Å². The molecule has 13 heteroatoms. The molecule has 0 aliphatic carbocycles. The number of thiocarbonyl (C=S) groups is 1. The third-order valence-corrected chi connectivity index (χ3v) is 12.0. The summed E-state index contributed by atoms with van der Waals surface area (Å²) in [5, 5.41) is 9.71. The SMILES string of the molecule is COc1ccc(O)cc1C(C)C.COc1ccc(OC(=S)N(C)C)cc1C(C)C.COc1ccc(S)cc1C(C)C.COc1ccc(SC(=O)N(C)C)cc1C(C)C.COc1ccccc1C(C)C. The quantitative estimate of drug-likeness (QED) is 0.0710. The molecule has 0 saturated carbocycles. The van der Waals surface area contributed by atoms with E-state index in [1.54, 1.807) is 77.6 Å². The Labute approximate surface area is 430 Å². The highest BCUT2D eigenvalue weighted by molar-refractivity contribution is 8.13. The minimum atomic E-state index is 0.0323. The van der Waals surface area contributed by atoms with Crippen molar-refractivity contribution in [2.75, 3.05) is 63.7 Å². The van der Waals surface area contributed by atoms with E-state index in [0.717, 1.165) is 61.0 Å². The maximum atomic E-state index is 11.6. The molecule has 69 heavy (non-hydrogen) atoms. The van der Waals surface area contributed by atoms with E-state index in [1.165, 1.54) is 22.9 Å². The van der Waals surface area contributed by atoms with E-state index < -0.39 is 0 Å². The molecule has 0 bridgehead atoms. The fraction of sp³-hybridized carbons (Fsp3) is 0.429. The predicted octanol–water partition coefficient (Wildman–Crippen LogP) is 15.1. The van der Waals surface area contributed by atoms with Crippen LogP contribution >= 0.6 is 36.6 Å². The number of phenols is 1. The van der Waals surface area contributed by atoms with Crippen molar-refractivity contribution in [2.45, 2.75) is 109 Å². The van der Waals surface area contributed by atoms with Crippen LogP contribution in [0.4, 0.5) is 4.79 Å². The lowest BCUT2D eigenvalue weighted by Crippen LogP contribution is -2.25. The first kappa shape index (κ1) is 61.8. The van der Waals surface area contributed by atoms with Crippen LogP contribution in [0, 0.1) is 0 Å². The van der Waals surface area contributed by atoms with Gasteiger partial charge in [0.15, 0.2) is 0 Å². The van der Waals surface area contributed by atoms with Gasteiger partial charge in [-0.2, -0.15) is 0 Å². The van der Waals surface area contributed by atoms with Gasteiger partial charge in [0.2, 0.25) is 0 Å². The van der Waals surface area contributed by atoms with Crippen LogP contribution in [0.15, 0.2) is 107 Å². The fourth-order valence-electron chi connectivity index (χ4n) is 6.33. The lowest BCUT2D eigenvalue weighted by Gasteiger charge is -2.17. The second-order valence-corrected chi connectivity index (χ2v) is 19.6. The summed E-state index contributed by atoms with van der Waals surface area (Å²) in [5.41, 5.74) is 5.77. The van der Waals surface area contributed by atoms with E-state index in [2.05, 4.69) is 87.9 Å². The highest BCUT2D eigenvalue weighted by atomic mass is 32.2. The summed E-state index contributed by atoms with van der Waals surface area (Å²) in [5.74, 6) is 7.69. The summed E-state index contributed by atoms with van der Waals surface area (Å²) in [4.78, 5) is 16.9. The first-order valence-electron chi connectivity index (χ1n) is 23.0. The number of phenolic OH excluding ortho intramolecular Hbond substituents is 1. The Morgan fingerprint density at radius 1 is 0.507 bits per heavy atom. The Morgan fingerprint density at radius 3 is 1.33 bits per heavy atom. The van der Waals surface area contributed by atoms with Gasteiger partial charge in [0, 0.05) is 49.1 Å². The minimum absolute atomic E-state index is 0.0323. The first-order valence-corrected chi connectivity index (χ1v) is 24.6. The molecule has 380 valence electrons. The zero-order chi connectivity index (χ0) is 52.5. The minimum Gasteiger partial charge on any atom is -0.508 e. The average molecular weight is 1010 g/mol. The highest BCUT2D eigenvalue weighted by Gasteiger charge is 2.14. The Bertz CT molecular complexity index is 2180. The van der Waals surface area contributed by atoms with Gasteiger partial charge in [-0.05, 0) is 149 Å². The number of thiol groups is 1. The van der Waals surface area contributed by atoms with Gasteiger partial charge in [0.05, 0.1) is 35.5 Å². The number of ether oxygens (including phenoxy) is 6. The van der Waals surface area contributed by atoms with Gasteiger partial charge in [-0.15, -0.1) is 12.6 Å². The van der Waals surface area contributed by atoms with Crippen LogP contribution < -0.4 is 28.4 Å². The largest absolute Gasteiger partial charge is 0.508 e. The predicted molar refractivity (Wildman–Crippen MR) is 296 cm³/mol. The Balaban J connectivity index is 0.000000436. The summed E-state index contributed by atoms with van der Waals surface area (Å²) in [6, 6.07) is 30.8. The van der Waals surface area contributed by atoms with E-state index in [1.807, 2.05) is 86.9 Å². The molecular formula is C56H80N2O8S3. The third kappa shape index (κ3) is 21.5. The van der Waals surface area contributed by atoms with Crippen molar-refractivity contribution >= 4 is 47.0 Å². The summed E-state index contributed by atoms with van der Waals surface area (Å²) in [6.45, 7) is 21.2. The molecule has 0 radical (unpaired) electrons. The molecule has 1 N–H and O–H groups in total. The van der Waals surface area contributed by atoms with Crippen LogP contribution in [0.2, 0.25) is 0 Å². The number of rotatable bonds is 12. The van der Waals surface area contributed by atoms with Gasteiger partial charge in [-0.25, -0.2) is 0 Å². The third-order valence-electron chi connectivity index (χ3n) is 10.2. The van der Waals surface area contributed by atoms with Crippen LogP contribution in [0.3, 0.4) is 0 Å². The maximum absolute atomic E-state index is 11.6. The molecule has 10 nitrogen and oxygen atoms in total. The van der Waals surface area contributed by atoms with Crippen molar-refractivity contribution in [2.24, 2.45) is 0 Å². The number of hydrogen-bond acceptors (Lipinski definition) is 11. The molecule has 0 heterocycles. The van der Waals surface area contributed by atoms with Crippen molar-refractivity contribution in [3.63, 3.8) is 0 Å². The van der Waals surface area contributed by atoms with Gasteiger partial charge in [-0.1, -0.05) is 87.4 Å². The topological polar surface area (TPSA) is 99.2 Å². The number of para-hydroxylation sites is 1. The van der Waals surface area contributed by atoms with E-state index >= 15 is 0 Å². The summed E-state index contributed by atoms with van der Waals surface area (Å²) in [7, 11) is 15.6. The molecule has 5 rings (SSSR count). The molecule has 0 spiro atoms. The Hall–Kier alpha value is -5.24. The number of carbonyl (C=O) groups is 1. The van der Waals surface area contributed by atoms with Crippen molar-refractivity contribution in [3.05, 3.63) is 125 Å². The van der Waals surface area contributed by atoms with Crippen molar-refractivity contribution in [3.8, 4) is 40.2 Å². The van der Waals surface area contributed by atoms with Crippen LogP contribution in [0.5, 0.6) is 40.2 Å². The smallest absolute Gasteiger partial charge is 0.285 e. The standard InChI is InChI=1S/2C13H19NO2S.C10H14O2.C10H14OS.C10H14O/c1-9(2)11-8-10(6-7-12(11)16-5)17-13(15)14(3)4;1-9(2)11-8-10(6-7-12(11)15-5)16-13(17)14(3)4;1-7(2)9-6-8(11)4-5-10(9)12-3;1-7(2)9-6-8(12)4-5-10(9)11-3;1-8(2)9-6-4-5-7-10(9)11-3/h2*6-9H,1-5H3;4-7,11H,1-3H3;4-7,12H,1-3H3;4-8H,1-3H3. The first-order chi connectivity index (χ1) is 32.5. The van der Waals surface area contributed by atoms with Crippen LogP contribution in [0.25, 0.3) is 0 Å². The van der Waals surface area contributed by atoms with Gasteiger partial charge in [0.1, 0.15) is 40.2 Å². The number of aromatic hydroxyl groups is 1. The van der Waals surface area contributed by atoms with E-state index in [9.17, 15) is 9.90 Å². The number of benzene rings is 5. The number of methoxy groups -OCH3 is 5. The monoisotopic (exact) mass is 1000 g/mol. The highest BCUT2D eigenvalue weighted by Crippen LogP contribution is 2.34. The van der Waals surface area contributed by atoms with E-state index in [4.69, 9.17) is 40.6 Å². The molecule has 5 aromatic carbocycles. The number of thioether (sulfide) groups is 1. The zero-order valence-electron chi connectivity index (χ0n) is 44.6. The fourth-order valence-corrected chi connectivity index (χ4v) is 7.34. The lowest BCUT2D eigenvalue weighted by atomic mass is 10.0. The number of hydrogen-bond donors (Lipinski definition) is 2. The van der Waals surface area contributed by atoms with Gasteiger partial charge in [0.25, 0.3) is 10.4 Å². The average Bonchev–Trinajstić information content (AvgIpc) is 3.31. The van der Waals surface area contributed by atoms with Crippen molar-refractivity contribution in [1.29, 1.82) is 0 Å². The normalized spacial score (nSPS) is 10.3. The molecule has 1 amide bonds. The second-order valence-electron chi connectivity index (χ2n) is 17.7. The van der Waals surface area contributed by atoms with Crippen LogP contribution in [-0.2, 0) is 0 Å². The van der Waals surface area contributed by atoms with Gasteiger partial charge >= 0.3 is 0 Å². The summed E-state index contributed by atoms with van der Waals surface area (Å²) >= 11 is 10.6. The molecule has 5 aromatic rings. The van der Waals surface area contributed by atoms with Crippen molar-refractivity contribution < 1.29 is 38.3 Å². The molecule has 0 aliphatic heterocycles. The van der Waals surface area contributed by atoms with Crippen molar-refractivity contribution in [1.82, 2.24) is 9.80 Å². The maximum Gasteiger partial charge on any atom is 0.285 e. The number of carbonyl (C=O) groups excluding carboxylic acids is 1. The van der Waals surface area contributed by atoms with E-state index in [0.29, 0.717) is 40.5 Å². The molecule has 0 aliphatic rings. The lowest BCUT2D eigenvalue weighted by molar-refractivity contribution is 0.241. The molecule has 0 aromatic heterocycles. The molecule has 0 fully saturated rings. The molecule has 0 atom stereocenters. The summed E-state index contributed by atoms with van der Waals surface area (Å²) in [6.07, 6.45) is 0. The zero-order valence-corrected chi connectivity index (χ0v) is 47.1. The number of nitrogens with zero attached hydrogens (tertiary/aromatic N) is 2. The Kier molecular flexibility index (Phi) is 28.5. The second kappa shape index (κ2) is 31.8. The summed E-state index contributed by atoms with van der Waals surface area (Å²) < 4.78 is 31.8. The van der Waals surface area contributed by atoms with Gasteiger partial charge < -0.3 is 43.3 Å². The molecule has 0 unspecified atom stereocenters. The van der Waals surface area contributed by atoms with Crippen LogP contribution in [0.1, 0.15) is 127 Å². The van der Waals surface area contributed by atoms with Gasteiger partial charge in [-0.3, -0.25) is 4.79 Å². The Morgan fingerprint density at radius 2 is 0.899 bits per heavy atom.